The molecular weight excluding hydrogens is 264 g/mol. The average molecular weight is 283 g/mol. The van der Waals surface area contributed by atoms with Crippen molar-refractivity contribution in [2.75, 3.05) is 19.7 Å². The van der Waals surface area contributed by atoms with Crippen molar-refractivity contribution in [3.8, 4) is 0 Å². The fourth-order valence-corrected chi connectivity index (χ4v) is 2.40. The van der Waals surface area contributed by atoms with Gasteiger partial charge in [-0.3, -0.25) is 4.79 Å². The number of amides is 1. The molecule has 0 spiro atoms. The Bertz CT molecular complexity index is 476. The van der Waals surface area contributed by atoms with E-state index >= 15 is 0 Å². The topological polar surface area (TPSA) is 55.6 Å². The van der Waals surface area contributed by atoms with Gasteiger partial charge in [0.15, 0.2) is 0 Å². The summed E-state index contributed by atoms with van der Waals surface area (Å²) in [6, 6.07) is 7.09. The van der Waals surface area contributed by atoms with Crippen LogP contribution >= 0.6 is 11.6 Å². The summed E-state index contributed by atoms with van der Waals surface area (Å²) in [6.07, 6.45) is -0.112. The van der Waals surface area contributed by atoms with Gasteiger partial charge in [-0.1, -0.05) is 23.7 Å². The molecule has 104 valence electrons. The van der Waals surface area contributed by atoms with E-state index in [9.17, 15) is 4.79 Å². The maximum Gasteiger partial charge on any atom is 0.255 e. The van der Waals surface area contributed by atoms with Gasteiger partial charge in [0.2, 0.25) is 0 Å². The van der Waals surface area contributed by atoms with Crippen molar-refractivity contribution in [2.24, 2.45) is 5.73 Å². The van der Waals surface area contributed by atoms with Crippen molar-refractivity contribution in [2.45, 2.75) is 25.5 Å². The molecule has 1 aromatic rings. The van der Waals surface area contributed by atoms with Crippen LogP contribution in [-0.4, -0.2) is 42.1 Å². The third kappa shape index (κ3) is 2.91. The van der Waals surface area contributed by atoms with E-state index < -0.39 is 0 Å². The summed E-state index contributed by atoms with van der Waals surface area (Å²) in [5.41, 5.74) is 5.80. The first kappa shape index (κ1) is 14.3. The van der Waals surface area contributed by atoms with Crippen LogP contribution in [0.25, 0.3) is 0 Å². The average Bonchev–Trinajstić information content (AvgIpc) is 2.38. The third-order valence-electron chi connectivity index (χ3n) is 3.40. The quantitative estimate of drug-likeness (QED) is 0.902. The second kappa shape index (κ2) is 5.49. The molecule has 0 saturated carbocycles. The Labute approximate surface area is 118 Å². The zero-order chi connectivity index (χ0) is 14.0. The number of nitrogens with zero attached hydrogens (tertiary/aromatic N) is 1. The first-order valence-corrected chi connectivity index (χ1v) is 6.71. The Balaban J connectivity index is 2.28. The summed E-state index contributed by atoms with van der Waals surface area (Å²) in [4.78, 5) is 14.4. The molecule has 1 saturated heterocycles. The molecule has 2 N–H and O–H groups in total. The number of rotatable bonds is 2. The maximum atomic E-state index is 12.6. The fourth-order valence-electron chi connectivity index (χ4n) is 2.18. The zero-order valence-corrected chi connectivity index (χ0v) is 12.0. The van der Waals surface area contributed by atoms with Crippen LogP contribution in [0.1, 0.15) is 24.2 Å². The molecule has 0 bridgehead atoms. The van der Waals surface area contributed by atoms with Gasteiger partial charge in [0.25, 0.3) is 5.91 Å². The van der Waals surface area contributed by atoms with Crippen molar-refractivity contribution >= 4 is 17.5 Å². The van der Waals surface area contributed by atoms with E-state index in [0.29, 0.717) is 30.3 Å². The summed E-state index contributed by atoms with van der Waals surface area (Å²) >= 11 is 6.10. The van der Waals surface area contributed by atoms with Crippen molar-refractivity contribution in [3.05, 3.63) is 34.9 Å². The molecule has 1 atom stereocenters. The lowest BCUT2D eigenvalue weighted by Crippen LogP contribution is -2.59. The van der Waals surface area contributed by atoms with Crippen molar-refractivity contribution < 1.29 is 9.53 Å². The number of ether oxygens (including phenoxy) is 1. The number of hydrogen-bond donors (Lipinski definition) is 1. The van der Waals surface area contributed by atoms with Gasteiger partial charge in [0, 0.05) is 13.1 Å². The van der Waals surface area contributed by atoms with Crippen LogP contribution in [-0.2, 0) is 4.74 Å². The first-order valence-electron chi connectivity index (χ1n) is 6.34. The zero-order valence-electron chi connectivity index (χ0n) is 11.2. The highest BCUT2D eigenvalue weighted by Crippen LogP contribution is 2.26. The Morgan fingerprint density at radius 2 is 2.21 bits per heavy atom. The SMILES string of the molecule is CC1(C)COC(CN)CN1C(=O)c1ccccc1Cl. The number of benzene rings is 1. The predicted molar refractivity (Wildman–Crippen MR) is 75.4 cm³/mol. The molecule has 1 amide bonds. The highest BCUT2D eigenvalue weighted by Gasteiger charge is 2.38. The van der Waals surface area contributed by atoms with Gasteiger partial charge >= 0.3 is 0 Å². The van der Waals surface area contributed by atoms with Crippen LogP contribution in [0.2, 0.25) is 5.02 Å². The van der Waals surface area contributed by atoms with Gasteiger partial charge in [0.1, 0.15) is 0 Å². The highest BCUT2D eigenvalue weighted by molar-refractivity contribution is 6.33. The van der Waals surface area contributed by atoms with Gasteiger partial charge in [-0.05, 0) is 26.0 Å². The number of nitrogens with two attached hydrogens (primary N) is 1. The van der Waals surface area contributed by atoms with Crippen LogP contribution in [0.5, 0.6) is 0 Å². The van der Waals surface area contributed by atoms with Crippen molar-refractivity contribution in [1.29, 1.82) is 0 Å². The van der Waals surface area contributed by atoms with Gasteiger partial charge in [-0.15, -0.1) is 0 Å². The molecule has 2 rings (SSSR count). The lowest BCUT2D eigenvalue weighted by atomic mass is 9.99. The van der Waals surface area contributed by atoms with Crippen LogP contribution in [0.3, 0.4) is 0 Å². The number of halogens is 1. The molecule has 1 aliphatic heterocycles. The minimum Gasteiger partial charge on any atom is -0.373 e. The van der Waals surface area contributed by atoms with Crippen LogP contribution < -0.4 is 5.73 Å². The first-order chi connectivity index (χ1) is 8.95. The van der Waals surface area contributed by atoms with E-state index in [2.05, 4.69) is 0 Å². The second-order valence-electron chi connectivity index (χ2n) is 5.38. The van der Waals surface area contributed by atoms with Crippen LogP contribution in [0.15, 0.2) is 24.3 Å². The predicted octanol–water partition coefficient (Wildman–Crippen LogP) is 1.92. The van der Waals surface area contributed by atoms with Gasteiger partial charge < -0.3 is 15.4 Å². The fraction of sp³-hybridized carbons (Fsp3) is 0.500. The molecule has 1 aromatic carbocycles. The van der Waals surface area contributed by atoms with Gasteiger partial charge in [-0.2, -0.15) is 0 Å². The monoisotopic (exact) mass is 282 g/mol. The molecule has 1 unspecified atom stereocenters. The lowest BCUT2D eigenvalue weighted by molar-refractivity contribution is -0.0788. The largest absolute Gasteiger partial charge is 0.373 e. The summed E-state index contributed by atoms with van der Waals surface area (Å²) in [5, 5.41) is 0.471. The Kier molecular flexibility index (Phi) is 4.13. The summed E-state index contributed by atoms with van der Waals surface area (Å²) in [5.74, 6) is -0.0719. The van der Waals surface area contributed by atoms with Crippen molar-refractivity contribution in [1.82, 2.24) is 4.90 Å². The Morgan fingerprint density at radius 3 is 2.84 bits per heavy atom. The normalized spacial score (nSPS) is 22.3. The molecule has 5 heteroatoms. The second-order valence-corrected chi connectivity index (χ2v) is 5.78. The molecule has 1 aliphatic rings. The molecule has 1 fully saturated rings. The van der Waals surface area contributed by atoms with Gasteiger partial charge in [0.05, 0.1) is 28.8 Å². The summed E-state index contributed by atoms with van der Waals surface area (Å²) in [7, 11) is 0. The van der Waals surface area contributed by atoms with E-state index in [1.54, 1.807) is 17.0 Å². The minimum atomic E-state index is -0.359. The van der Waals surface area contributed by atoms with Crippen LogP contribution in [0.4, 0.5) is 0 Å². The van der Waals surface area contributed by atoms with E-state index in [1.165, 1.54) is 0 Å². The summed E-state index contributed by atoms with van der Waals surface area (Å²) in [6.45, 7) is 5.34. The van der Waals surface area contributed by atoms with Crippen molar-refractivity contribution in [3.63, 3.8) is 0 Å². The minimum absolute atomic E-state index is 0.0719. The van der Waals surface area contributed by atoms with E-state index in [1.807, 2.05) is 26.0 Å². The van der Waals surface area contributed by atoms with E-state index in [-0.39, 0.29) is 17.6 Å². The maximum absolute atomic E-state index is 12.6. The Hall–Kier alpha value is -1.10. The number of carbonyl (C=O) groups is 1. The number of hydrogen-bond acceptors (Lipinski definition) is 3. The molecule has 4 nitrogen and oxygen atoms in total. The smallest absolute Gasteiger partial charge is 0.255 e. The molecule has 0 aliphatic carbocycles. The molecule has 1 heterocycles. The molecule has 0 aromatic heterocycles. The molecule has 19 heavy (non-hydrogen) atoms. The highest BCUT2D eigenvalue weighted by atomic mass is 35.5. The molecule has 0 radical (unpaired) electrons. The van der Waals surface area contributed by atoms with E-state index in [0.717, 1.165) is 0 Å². The number of morpholine rings is 1. The third-order valence-corrected chi connectivity index (χ3v) is 3.73. The van der Waals surface area contributed by atoms with Crippen LogP contribution in [0, 0.1) is 0 Å². The molecular formula is C14H19ClN2O2. The lowest BCUT2D eigenvalue weighted by Gasteiger charge is -2.45. The standard InChI is InChI=1S/C14H19ClN2O2/c1-14(2)9-19-10(7-16)8-17(14)13(18)11-5-3-4-6-12(11)15/h3-6,10H,7-9,16H2,1-2H3. The van der Waals surface area contributed by atoms with E-state index in [4.69, 9.17) is 22.1 Å². The van der Waals surface area contributed by atoms with Gasteiger partial charge in [-0.25, -0.2) is 0 Å². The summed E-state index contributed by atoms with van der Waals surface area (Å²) < 4.78 is 5.64. The number of carbonyl (C=O) groups excluding carboxylic acids is 1. The Morgan fingerprint density at radius 1 is 1.53 bits per heavy atom.